The van der Waals surface area contributed by atoms with E-state index in [1.807, 2.05) is 18.5 Å². The molecule has 1 unspecified atom stereocenters. The summed E-state index contributed by atoms with van der Waals surface area (Å²) in [4.78, 5) is 52.8. The molecule has 0 saturated carbocycles. The van der Waals surface area contributed by atoms with Gasteiger partial charge in [0.2, 0.25) is 17.8 Å². The fourth-order valence-electron chi connectivity index (χ4n) is 7.86. The molecule has 0 radical (unpaired) electrons. The molecule has 0 aliphatic carbocycles. The van der Waals surface area contributed by atoms with Crippen LogP contribution in [0, 0.1) is 0 Å². The number of ether oxygens (including phenoxy) is 1. The lowest BCUT2D eigenvalue weighted by Crippen LogP contribution is -2.52. The summed E-state index contributed by atoms with van der Waals surface area (Å²) in [5.74, 6) is 0.880. The number of nitrogens with zero attached hydrogens (tertiary/aromatic N) is 5. The number of anilines is 2. The number of likely N-dealkylation sites (tertiary alicyclic amines) is 1. The van der Waals surface area contributed by atoms with Gasteiger partial charge < -0.3 is 19.9 Å². The predicted molar refractivity (Wildman–Crippen MR) is 181 cm³/mol. The second-order valence-corrected chi connectivity index (χ2v) is 14.0. The van der Waals surface area contributed by atoms with Crippen molar-refractivity contribution in [3.05, 3.63) is 82.7 Å². The molecular weight excluding hydrogens is 606 g/mol. The highest BCUT2D eigenvalue weighted by molar-refractivity contribution is 6.05. The third kappa shape index (κ3) is 6.41. The lowest BCUT2D eigenvalue weighted by Gasteiger charge is -2.34. The second-order valence-electron chi connectivity index (χ2n) is 14.0. The van der Waals surface area contributed by atoms with Crippen LogP contribution in [0.1, 0.15) is 83.0 Å². The molecule has 0 spiro atoms. The first-order valence-electron chi connectivity index (χ1n) is 17.5. The number of imide groups is 1. The summed E-state index contributed by atoms with van der Waals surface area (Å²) in [7, 11) is 0. The molecule has 2 N–H and O–H groups in total. The summed E-state index contributed by atoms with van der Waals surface area (Å²) in [6.45, 7) is 7.01. The van der Waals surface area contributed by atoms with Gasteiger partial charge >= 0.3 is 0 Å². The van der Waals surface area contributed by atoms with Crippen molar-refractivity contribution in [2.45, 2.75) is 75.5 Å². The molecule has 250 valence electrons. The van der Waals surface area contributed by atoms with Gasteiger partial charge in [0.1, 0.15) is 6.04 Å². The summed E-state index contributed by atoms with van der Waals surface area (Å²) in [6, 6.07) is 15.1. The van der Waals surface area contributed by atoms with Gasteiger partial charge in [0.15, 0.2) is 0 Å². The number of carbonyl (C=O) groups excluding carboxylic acids is 3. The number of carbonyl (C=O) groups is 3. The molecule has 1 aromatic heterocycles. The van der Waals surface area contributed by atoms with Gasteiger partial charge in [-0.15, -0.1) is 0 Å². The first kappa shape index (κ1) is 31.0. The number of fused-ring (bicyclic) bond motifs is 1. The molecule has 11 heteroatoms. The number of hydrogen-bond acceptors (Lipinski definition) is 9. The Hall–Kier alpha value is -4.35. The number of amides is 3. The van der Waals surface area contributed by atoms with E-state index in [1.165, 1.54) is 16.8 Å². The van der Waals surface area contributed by atoms with Gasteiger partial charge in [-0.25, -0.2) is 9.97 Å². The van der Waals surface area contributed by atoms with Crippen LogP contribution in [0.25, 0.3) is 0 Å². The Labute approximate surface area is 281 Å². The van der Waals surface area contributed by atoms with Gasteiger partial charge in [0, 0.05) is 68.2 Å². The van der Waals surface area contributed by atoms with Crippen LogP contribution >= 0.6 is 0 Å². The monoisotopic (exact) mass is 649 g/mol. The molecule has 2 aromatic carbocycles. The van der Waals surface area contributed by atoms with Crippen LogP contribution in [0.15, 0.2) is 54.9 Å². The molecule has 48 heavy (non-hydrogen) atoms. The van der Waals surface area contributed by atoms with Gasteiger partial charge in [0.25, 0.3) is 5.91 Å². The van der Waals surface area contributed by atoms with Crippen LogP contribution in [-0.4, -0.2) is 89.0 Å². The minimum atomic E-state index is -0.574. The topological polar surface area (TPSA) is 120 Å². The van der Waals surface area contributed by atoms with Crippen LogP contribution in [-0.2, 0) is 27.4 Å². The quantitative estimate of drug-likeness (QED) is 0.351. The van der Waals surface area contributed by atoms with Gasteiger partial charge in [-0.2, -0.15) is 0 Å². The highest BCUT2D eigenvalue weighted by Gasteiger charge is 2.39. The lowest BCUT2D eigenvalue weighted by atomic mass is 9.87. The molecular formula is C37H43N7O4. The Morgan fingerprint density at radius 3 is 2.27 bits per heavy atom. The molecule has 0 bridgehead atoms. The van der Waals surface area contributed by atoms with Crippen LogP contribution in [0.5, 0.6) is 0 Å². The van der Waals surface area contributed by atoms with Crippen LogP contribution in [0.4, 0.5) is 11.6 Å². The van der Waals surface area contributed by atoms with Crippen molar-refractivity contribution in [3.8, 4) is 0 Å². The maximum Gasteiger partial charge on any atom is 0.255 e. The smallest absolute Gasteiger partial charge is 0.255 e. The molecule has 11 nitrogen and oxygen atoms in total. The van der Waals surface area contributed by atoms with Crippen molar-refractivity contribution < 1.29 is 19.1 Å². The number of nitrogens with one attached hydrogen (secondary N) is 2. The standard InChI is InChI=1S/C37H43N7O4/c45-34-8-7-33(35(46)41-34)44-21-27-17-26(3-6-32(27)36(44)47)25-9-13-42(14-10-25)20-24-1-4-31(5-2-24)43-15-11-30(12-16-43)40-37-38-18-28(19-39-37)29-22-48-23-29/h1-6,17-19,25,29-30,33H,7-16,20-23H2,(H,38,39,40)(H,41,45,46). The Kier molecular flexibility index (Phi) is 8.56. The minimum Gasteiger partial charge on any atom is -0.380 e. The number of hydrogen-bond donors (Lipinski definition) is 2. The number of rotatable bonds is 8. The summed E-state index contributed by atoms with van der Waals surface area (Å²) in [5.41, 5.74) is 6.73. The Bertz CT molecular complexity index is 1660. The highest BCUT2D eigenvalue weighted by Crippen LogP contribution is 2.34. The van der Waals surface area contributed by atoms with E-state index >= 15 is 0 Å². The molecule has 4 saturated heterocycles. The summed E-state index contributed by atoms with van der Waals surface area (Å²) < 4.78 is 5.28. The average molecular weight is 650 g/mol. The number of benzene rings is 2. The molecule has 5 aliphatic rings. The normalized spacial score (nSPS) is 22.8. The van der Waals surface area contributed by atoms with Crippen molar-refractivity contribution in [3.63, 3.8) is 0 Å². The zero-order chi connectivity index (χ0) is 32.6. The van der Waals surface area contributed by atoms with E-state index in [2.05, 4.69) is 66.8 Å². The maximum atomic E-state index is 13.1. The van der Waals surface area contributed by atoms with Gasteiger partial charge in [-0.3, -0.25) is 24.6 Å². The summed E-state index contributed by atoms with van der Waals surface area (Å²) in [5, 5.41) is 5.91. The fourth-order valence-corrected chi connectivity index (χ4v) is 7.86. The third-order valence-electron chi connectivity index (χ3n) is 10.9. The van der Waals surface area contributed by atoms with Crippen molar-refractivity contribution in [2.75, 3.05) is 49.6 Å². The van der Waals surface area contributed by atoms with Crippen molar-refractivity contribution in [1.29, 1.82) is 0 Å². The zero-order valence-corrected chi connectivity index (χ0v) is 27.3. The van der Waals surface area contributed by atoms with E-state index in [-0.39, 0.29) is 24.1 Å². The first-order chi connectivity index (χ1) is 23.5. The van der Waals surface area contributed by atoms with Gasteiger partial charge in [-0.05, 0) is 91.6 Å². The molecule has 8 rings (SSSR count). The van der Waals surface area contributed by atoms with Gasteiger partial charge in [0.05, 0.1) is 13.2 Å². The van der Waals surface area contributed by atoms with E-state index in [0.717, 1.165) is 82.7 Å². The Morgan fingerprint density at radius 1 is 0.833 bits per heavy atom. The molecule has 4 fully saturated rings. The van der Waals surface area contributed by atoms with Crippen LogP contribution < -0.4 is 15.5 Å². The van der Waals surface area contributed by atoms with E-state index in [4.69, 9.17) is 4.74 Å². The predicted octanol–water partition coefficient (Wildman–Crippen LogP) is 3.81. The highest BCUT2D eigenvalue weighted by atomic mass is 16.5. The largest absolute Gasteiger partial charge is 0.380 e. The third-order valence-corrected chi connectivity index (χ3v) is 10.9. The van der Waals surface area contributed by atoms with Crippen molar-refractivity contribution in [1.82, 2.24) is 25.1 Å². The first-order valence-corrected chi connectivity index (χ1v) is 17.5. The summed E-state index contributed by atoms with van der Waals surface area (Å²) >= 11 is 0. The molecule has 5 aliphatic heterocycles. The van der Waals surface area contributed by atoms with E-state index in [1.54, 1.807) is 4.90 Å². The molecule has 1 atom stereocenters. The molecule has 3 amide bonds. The van der Waals surface area contributed by atoms with E-state index in [9.17, 15) is 14.4 Å². The Morgan fingerprint density at radius 2 is 1.58 bits per heavy atom. The number of aromatic nitrogens is 2. The minimum absolute atomic E-state index is 0.111. The molecule has 3 aromatic rings. The van der Waals surface area contributed by atoms with Gasteiger partial charge in [-0.1, -0.05) is 24.3 Å². The van der Waals surface area contributed by atoms with Crippen LogP contribution in [0.3, 0.4) is 0 Å². The number of piperidine rings is 3. The van der Waals surface area contributed by atoms with Crippen molar-refractivity contribution in [2.24, 2.45) is 0 Å². The lowest BCUT2D eigenvalue weighted by molar-refractivity contribution is -0.136. The fraction of sp³-hybridized carbons (Fsp3) is 0.486. The van der Waals surface area contributed by atoms with E-state index < -0.39 is 6.04 Å². The summed E-state index contributed by atoms with van der Waals surface area (Å²) in [6.07, 6.45) is 8.78. The second kappa shape index (κ2) is 13.3. The van der Waals surface area contributed by atoms with E-state index in [0.29, 0.717) is 42.4 Å². The van der Waals surface area contributed by atoms with Crippen molar-refractivity contribution >= 4 is 29.4 Å². The maximum absolute atomic E-state index is 13.1. The SMILES string of the molecule is O=C1CCC(N2Cc3cc(C4CCN(Cc5ccc(N6CCC(Nc7ncc(C8COC8)cn7)CC6)cc5)CC4)ccc3C2=O)C(=O)N1. The Balaban J connectivity index is 0.791. The molecule has 6 heterocycles. The zero-order valence-electron chi connectivity index (χ0n) is 27.3. The average Bonchev–Trinajstić information content (AvgIpc) is 3.41. The van der Waals surface area contributed by atoms with Crippen LogP contribution in [0.2, 0.25) is 0 Å².